The topological polar surface area (TPSA) is 39.2 Å². The van der Waals surface area contributed by atoms with Gasteiger partial charge in [0, 0.05) is 16.6 Å². The van der Waals surface area contributed by atoms with Gasteiger partial charge in [0.2, 0.25) is 0 Å². The summed E-state index contributed by atoms with van der Waals surface area (Å²) < 4.78 is 5.49. The van der Waals surface area contributed by atoms with Gasteiger partial charge in [-0.1, -0.05) is 23.7 Å². The molecule has 2 nitrogen and oxygen atoms in total. The first-order chi connectivity index (χ1) is 8.06. The molecule has 90 valence electrons. The van der Waals surface area contributed by atoms with Crippen LogP contribution in [0.5, 0.6) is 0 Å². The van der Waals surface area contributed by atoms with Crippen LogP contribution in [0.2, 0.25) is 5.02 Å². The maximum atomic E-state index is 6.19. The highest BCUT2D eigenvalue weighted by atomic mass is 35.5. The molecule has 0 amide bonds. The molecule has 17 heavy (non-hydrogen) atoms. The molecule has 1 aromatic heterocycles. The Labute approximate surface area is 106 Å². The van der Waals surface area contributed by atoms with Crippen LogP contribution in [0, 0.1) is 13.8 Å². The number of rotatable bonds is 3. The molecule has 0 fully saturated rings. The van der Waals surface area contributed by atoms with Crippen LogP contribution in [0.3, 0.4) is 0 Å². The smallest absolute Gasteiger partial charge is 0.105 e. The van der Waals surface area contributed by atoms with Gasteiger partial charge in [-0.2, -0.15) is 0 Å². The molecule has 0 saturated heterocycles. The summed E-state index contributed by atoms with van der Waals surface area (Å²) in [6.07, 6.45) is 0.789. The van der Waals surface area contributed by atoms with Gasteiger partial charge in [-0.25, -0.2) is 0 Å². The van der Waals surface area contributed by atoms with Gasteiger partial charge >= 0.3 is 0 Å². The first-order valence-electron chi connectivity index (χ1n) is 5.63. The van der Waals surface area contributed by atoms with Gasteiger partial charge < -0.3 is 10.2 Å². The van der Waals surface area contributed by atoms with Gasteiger partial charge in [0.1, 0.15) is 11.5 Å². The number of hydrogen-bond donors (Lipinski definition) is 1. The lowest BCUT2D eigenvalue weighted by atomic mass is 10.00. The van der Waals surface area contributed by atoms with Crippen LogP contribution in [0.1, 0.15) is 28.7 Å². The van der Waals surface area contributed by atoms with Crippen LogP contribution in [0.4, 0.5) is 0 Å². The molecule has 2 N–H and O–H groups in total. The summed E-state index contributed by atoms with van der Waals surface area (Å²) >= 11 is 5.85. The molecule has 1 atom stereocenters. The molecule has 0 bridgehead atoms. The van der Waals surface area contributed by atoms with Crippen molar-refractivity contribution in [3.8, 4) is 0 Å². The lowest BCUT2D eigenvalue weighted by Gasteiger charge is -2.10. The van der Waals surface area contributed by atoms with E-state index in [1.54, 1.807) is 0 Å². The van der Waals surface area contributed by atoms with Crippen LogP contribution in [0.15, 0.2) is 34.7 Å². The van der Waals surface area contributed by atoms with Crippen LogP contribution >= 0.6 is 11.6 Å². The van der Waals surface area contributed by atoms with Crippen molar-refractivity contribution in [1.82, 2.24) is 0 Å². The zero-order valence-corrected chi connectivity index (χ0v) is 10.8. The maximum Gasteiger partial charge on any atom is 0.105 e. The van der Waals surface area contributed by atoms with E-state index in [2.05, 4.69) is 0 Å². The fraction of sp³-hybridized carbons (Fsp3) is 0.286. The summed E-state index contributed by atoms with van der Waals surface area (Å²) in [7, 11) is 0. The summed E-state index contributed by atoms with van der Waals surface area (Å²) in [5, 5.41) is 0.748. The third-order valence-corrected chi connectivity index (χ3v) is 3.10. The van der Waals surface area contributed by atoms with Crippen molar-refractivity contribution in [2.24, 2.45) is 5.73 Å². The molecular weight excluding hydrogens is 234 g/mol. The van der Waals surface area contributed by atoms with E-state index in [9.17, 15) is 0 Å². The summed E-state index contributed by atoms with van der Waals surface area (Å²) in [6, 6.07) is 9.76. The fourth-order valence-corrected chi connectivity index (χ4v) is 2.13. The first kappa shape index (κ1) is 12.2. The Bertz CT molecular complexity index is 501. The van der Waals surface area contributed by atoms with Crippen LogP contribution in [0.25, 0.3) is 0 Å². The molecule has 0 aliphatic rings. The monoisotopic (exact) mass is 249 g/mol. The third kappa shape index (κ3) is 2.90. The van der Waals surface area contributed by atoms with Gasteiger partial charge in [0.05, 0.1) is 0 Å². The normalized spacial score (nSPS) is 12.7. The van der Waals surface area contributed by atoms with Crippen molar-refractivity contribution in [2.75, 3.05) is 0 Å². The first-order valence-corrected chi connectivity index (χ1v) is 6.01. The Kier molecular flexibility index (Phi) is 3.55. The van der Waals surface area contributed by atoms with Crippen molar-refractivity contribution < 1.29 is 4.42 Å². The second kappa shape index (κ2) is 4.94. The van der Waals surface area contributed by atoms with E-state index in [0.717, 1.165) is 28.5 Å². The molecule has 0 spiro atoms. The number of aryl methyl sites for hydroxylation is 2. The van der Waals surface area contributed by atoms with E-state index in [1.165, 1.54) is 5.56 Å². The molecule has 0 aliphatic heterocycles. The van der Waals surface area contributed by atoms with Crippen molar-refractivity contribution in [3.05, 3.63) is 58.0 Å². The van der Waals surface area contributed by atoms with Crippen LogP contribution < -0.4 is 5.73 Å². The third-order valence-electron chi connectivity index (χ3n) is 2.85. The average Bonchev–Trinajstić information content (AvgIpc) is 2.61. The second-order valence-electron chi connectivity index (χ2n) is 4.31. The SMILES string of the molecule is Cc1cc(C(N)Cc2ccc(Cl)cc2)c(C)o1. The summed E-state index contributed by atoms with van der Waals surface area (Å²) in [4.78, 5) is 0. The van der Waals surface area contributed by atoms with Crippen LogP contribution in [-0.2, 0) is 6.42 Å². The minimum absolute atomic E-state index is 0.0337. The Morgan fingerprint density at radius 1 is 1.24 bits per heavy atom. The molecule has 0 aliphatic carbocycles. The molecule has 3 heteroatoms. The summed E-state index contributed by atoms with van der Waals surface area (Å²) in [5.74, 6) is 1.81. The average molecular weight is 250 g/mol. The van der Waals surface area contributed by atoms with E-state index in [0.29, 0.717) is 0 Å². The molecule has 0 radical (unpaired) electrons. The Hall–Kier alpha value is -1.25. The van der Waals surface area contributed by atoms with Gasteiger partial charge in [-0.3, -0.25) is 0 Å². The molecule has 2 aromatic rings. The number of benzene rings is 1. The van der Waals surface area contributed by atoms with Crippen molar-refractivity contribution >= 4 is 11.6 Å². The van der Waals surface area contributed by atoms with Crippen molar-refractivity contribution in [3.63, 3.8) is 0 Å². The Morgan fingerprint density at radius 2 is 1.88 bits per heavy atom. The lowest BCUT2D eigenvalue weighted by molar-refractivity contribution is 0.497. The predicted molar refractivity (Wildman–Crippen MR) is 70.3 cm³/mol. The van der Waals surface area contributed by atoms with Gasteiger partial charge in [-0.15, -0.1) is 0 Å². The number of halogens is 1. The second-order valence-corrected chi connectivity index (χ2v) is 4.74. The zero-order valence-electron chi connectivity index (χ0n) is 10.0. The summed E-state index contributed by atoms with van der Waals surface area (Å²) in [5.41, 5.74) is 8.45. The van der Waals surface area contributed by atoms with E-state index >= 15 is 0 Å². The zero-order chi connectivity index (χ0) is 12.4. The predicted octanol–water partition coefficient (Wildman–Crippen LogP) is 3.79. The highest BCUT2D eigenvalue weighted by molar-refractivity contribution is 6.30. The number of hydrogen-bond acceptors (Lipinski definition) is 2. The Balaban J connectivity index is 2.14. The number of nitrogens with two attached hydrogens (primary N) is 1. The largest absolute Gasteiger partial charge is 0.466 e. The molecular formula is C14H16ClNO. The van der Waals surface area contributed by atoms with Crippen molar-refractivity contribution in [2.45, 2.75) is 26.3 Å². The molecule has 1 heterocycles. The quantitative estimate of drug-likeness (QED) is 0.899. The molecule has 2 rings (SSSR count). The maximum absolute atomic E-state index is 6.19. The summed E-state index contributed by atoms with van der Waals surface area (Å²) in [6.45, 7) is 3.88. The fourth-order valence-electron chi connectivity index (χ4n) is 2.00. The van der Waals surface area contributed by atoms with Gasteiger partial charge in [0.25, 0.3) is 0 Å². The Morgan fingerprint density at radius 3 is 2.41 bits per heavy atom. The highest BCUT2D eigenvalue weighted by Gasteiger charge is 2.13. The van der Waals surface area contributed by atoms with E-state index < -0.39 is 0 Å². The molecule has 1 aromatic carbocycles. The minimum Gasteiger partial charge on any atom is -0.466 e. The van der Waals surface area contributed by atoms with Gasteiger partial charge in [0.15, 0.2) is 0 Å². The molecule has 0 saturated carbocycles. The van der Waals surface area contributed by atoms with E-state index in [1.807, 2.05) is 44.2 Å². The van der Waals surface area contributed by atoms with Crippen LogP contribution in [-0.4, -0.2) is 0 Å². The van der Waals surface area contributed by atoms with E-state index in [4.69, 9.17) is 21.8 Å². The van der Waals surface area contributed by atoms with Crippen molar-refractivity contribution in [1.29, 1.82) is 0 Å². The highest BCUT2D eigenvalue weighted by Crippen LogP contribution is 2.23. The van der Waals surface area contributed by atoms with E-state index in [-0.39, 0.29) is 6.04 Å². The number of furan rings is 1. The minimum atomic E-state index is -0.0337. The molecule has 1 unspecified atom stereocenters. The lowest BCUT2D eigenvalue weighted by Crippen LogP contribution is -2.13. The standard InChI is InChI=1S/C14H16ClNO/c1-9-7-13(10(2)17-9)14(16)8-11-3-5-12(15)6-4-11/h3-7,14H,8,16H2,1-2H3. The van der Waals surface area contributed by atoms with Gasteiger partial charge in [-0.05, 0) is 44.0 Å².